The number of sulfone groups is 1. The third-order valence-corrected chi connectivity index (χ3v) is 4.91. The van der Waals surface area contributed by atoms with E-state index in [0.29, 0.717) is 5.56 Å². The number of hydrogen-bond donors (Lipinski definition) is 1. The molecule has 1 aromatic rings. The number of hydrogen-bond acceptors (Lipinski definition) is 5. The molecule has 8 heteroatoms. The largest absolute Gasteiger partial charge is 0.340 e. The minimum atomic E-state index is -3.03. The molecule has 1 aromatic heterocycles. The molecule has 0 aromatic carbocycles. The van der Waals surface area contributed by atoms with Crippen molar-refractivity contribution < 1.29 is 18.0 Å². The Labute approximate surface area is 123 Å². The van der Waals surface area contributed by atoms with Crippen LogP contribution >= 0.6 is 0 Å². The molecule has 1 aliphatic rings. The first kappa shape index (κ1) is 15.4. The van der Waals surface area contributed by atoms with Crippen molar-refractivity contribution in [1.29, 1.82) is 0 Å². The van der Waals surface area contributed by atoms with E-state index in [-0.39, 0.29) is 36.4 Å². The number of nitrogens with zero attached hydrogens (tertiary/aromatic N) is 2. The third kappa shape index (κ3) is 4.01. The maximum absolute atomic E-state index is 12.2. The third-order valence-electron chi connectivity index (χ3n) is 3.30. The first-order chi connectivity index (χ1) is 9.89. The quantitative estimate of drug-likeness (QED) is 0.808. The fourth-order valence-corrected chi connectivity index (χ4v) is 3.25. The van der Waals surface area contributed by atoms with Gasteiger partial charge in [-0.3, -0.25) is 14.6 Å². The summed E-state index contributed by atoms with van der Waals surface area (Å²) in [6.45, 7) is 1.93. The molecule has 2 heterocycles. The first-order valence-electron chi connectivity index (χ1n) is 6.59. The number of aromatic nitrogens is 1. The Morgan fingerprint density at radius 2 is 2.00 bits per heavy atom. The molecule has 1 atom stereocenters. The van der Waals surface area contributed by atoms with E-state index in [2.05, 4.69) is 10.3 Å². The highest BCUT2D eigenvalue weighted by molar-refractivity contribution is 7.91. The summed E-state index contributed by atoms with van der Waals surface area (Å²) in [6.07, 6.45) is 2.97. The number of pyridine rings is 1. The van der Waals surface area contributed by atoms with Crippen molar-refractivity contribution in [1.82, 2.24) is 15.2 Å². The molecule has 1 unspecified atom stereocenters. The van der Waals surface area contributed by atoms with E-state index < -0.39 is 15.9 Å². The van der Waals surface area contributed by atoms with Crippen molar-refractivity contribution >= 4 is 21.7 Å². The minimum Gasteiger partial charge on any atom is -0.340 e. The summed E-state index contributed by atoms with van der Waals surface area (Å²) in [4.78, 5) is 29.4. The highest BCUT2D eigenvalue weighted by Gasteiger charge is 2.28. The van der Waals surface area contributed by atoms with Gasteiger partial charge in [-0.1, -0.05) is 0 Å². The summed E-state index contributed by atoms with van der Waals surface area (Å²) in [6, 6.07) is 2.53. The van der Waals surface area contributed by atoms with Gasteiger partial charge in [-0.2, -0.15) is 0 Å². The Bertz CT molecular complexity index is 616. The lowest BCUT2D eigenvalue weighted by Gasteiger charge is -2.29. The van der Waals surface area contributed by atoms with Crippen LogP contribution in [0.25, 0.3) is 0 Å². The van der Waals surface area contributed by atoms with Crippen molar-refractivity contribution in [3.05, 3.63) is 30.1 Å². The van der Waals surface area contributed by atoms with Crippen LogP contribution < -0.4 is 5.32 Å². The second kappa shape index (κ2) is 6.21. The van der Waals surface area contributed by atoms with E-state index in [1.807, 2.05) is 0 Å². The monoisotopic (exact) mass is 311 g/mol. The molecule has 114 valence electrons. The zero-order valence-corrected chi connectivity index (χ0v) is 12.5. The van der Waals surface area contributed by atoms with Crippen LogP contribution in [0.5, 0.6) is 0 Å². The van der Waals surface area contributed by atoms with E-state index in [1.165, 1.54) is 11.1 Å². The van der Waals surface area contributed by atoms with Crippen LogP contribution in [-0.4, -0.2) is 60.8 Å². The molecule has 1 fully saturated rings. The number of rotatable bonds is 3. The van der Waals surface area contributed by atoms with E-state index in [4.69, 9.17) is 0 Å². The van der Waals surface area contributed by atoms with Gasteiger partial charge in [0, 0.05) is 25.5 Å². The van der Waals surface area contributed by atoms with Crippen molar-refractivity contribution in [3.63, 3.8) is 0 Å². The van der Waals surface area contributed by atoms with Crippen molar-refractivity contribution in [2.75, 3.05) is 24.6 Å². The molecule has 0 radical (unpaired) electrons. The number of amides is 2. The Balaban J connectivity index is 1.93. The highest BCUT2D eigenvalue weighted by atomic mass is 32.2. The van der Waals surface area contributed by atoms with Gasteiger partial charge < -0.3 is 10.2 Å². The summed E-state index contributed by atoms with van der Waals surface area (Å²) >= 11 is 0. The van der Waals surface area contributed by atoms with E-state index in [0.717, 1.165) is 0 Å². The molecule has 1 saturated heterocycles. The van der Waals surface area contributed by atoms with E-state index in [9.17, 15) is 18.0 Å². The Kier molecular flexibility index (Phi) is 4.56. The molecule has 2 rings (SSSR count). The SMILES string of the molecule is CC(NC(=O)c1cccnc1)C(=O)N1CCS(=O)(=O)CC1. The first-order valence-corrected chi connectivity index (χ1v) is 8.41. The summed E-state index contributed by atoms with van der Waals surface area (Å²) in [7, 11) is -3.03. The van der Waals surface area contributed by atoms with Crippen molar-refractivity contribution in [2.45, 2.75) is 13.0 Å². The second-order valence-electron chi connectivity index (χ2n) is 4.91. The van der Waals surface area contributed by atoms with Crippen molar-refractivity contribution in [2.24, 2.45) is 0 Å². The lowest BCUT2D eigenvalue weighted by Crippen LogP contribution is -2.51. The molecule has 1 N–H and O–H groups in total. The van der Waals surface area contributed by atoms with Gasteiger partial charge in [0.05, 0.1) is 17.1 Å². The zero-order valence-electron chi connectivity index (χ0n) is 11.7. The predicted octanol–water partition coefficient (Wildman–Crippen LogP) is -0.543. The van der Waals surface area contributed by atoms with Crippen LogP contribution in [0.15, 0.2) is 24.5 Å². The molecule has 0 saturated carbocycles. The molecule has 0 aliphatic carbocycles. The lowest BCUT2D eigenvalue weighted by molar-refractivity contribution is -0.132. The normalized spacial score (nSPS) is 18.8. The molecular weight excluding hydrogens is 294 g/mol. The van der Waals surface area contributed by atoms with Gasteiger partial charge in [0.25, 0.3) is 5.91 Å². The van der Waals surface area contributed by atoms with E-state index >= 15 is 0 Å². The topological polar surface area (TPSA) is 96.4 Å². The smallest absolute Gasteiger partial charge is 0.253 e. The fraction of sp³-hybridized carbons (Fsp3) is 0.462. The summed E-state index contributed by atoms with van der Waals surface area (Å²) in [5, 5.41) is 2.59. The van der Waals surface area contributed by atoms with Crippen molar-refractivity contribution in [3.8, 4) is 0 Å². The summed E-state index contributed by atoms with van der Waals surface area (Å²) in [5.41, 5.74) is 0.373. The highest BCUT2D eigenvalue weighted by Crippen LogP contribution is 2.06. The molecule has 0 spiro atoms. The number of carbonyl (C=O) groups is 2. The van der Waals surface area contributed by atoms with Crippen LogP contribution in [0.3, 0.4) is 0 Å². The Hall–Kier alpha value is -1.96. The van der Waals surface area contributed by atoms with Gasteiger partial charge in [-0.25, -0.2) is 8.42 Å². The van der Waals surface area contributed by atoms with Gasteiger partial charge in [0.2, 0.25) is 5.91 Å². The van der Waals surface area contributed by atoms with Gasteiger partial charge >= 0.3 is 0 Å². The molecule has 0 bridgehead atoms. The second-order valence-corrected chi connectivity index (χ2v) is 7.22. The molecule has 1 aliphatic heterocycles. The lowest BCUT2D eigenvalue weighted by atomic mass is 10.2. The maximum atomic E-state index is 12.2. The average Bonchev–Trinajstić information content (AvgIpc) is 2.47. The molecule has 7 nitrogen and oxygen atoms in total. The van der Waals surface area contributed by atoms with Gasteiger partial charge in [-0.15, -0.1) is 0 Å². The van der Waals surface area contributed by atoms with Crippen LogP contribution in [-0.2, 0) is 14.6 Å². The van der Waals surface area contributed by atoms with Crippen LogP contribution in [0.4, 0.5) is 0 Å². The molecular formula is C13H17N3O4S. The van der Waals surface area contributed by atoms with E-state index in [1.54, 1.807) is 25.3 Å². The predicted molar refractivity (Wildman–Crippen MR) is 76.4 cm³/mol. The summed E-state index contributed by atoms with van der Waals surface area (Å²) in [5.74, 6) is -0.708. The Morgan fingerprint density at radius 1 is 1.33 bits per heavy atom. The average molecular weight is 311 g/mol. The summed E-state index contributed by atoms with van der Waals surface area (Å²) < 4.78 is 22.7. The number of carbonyl (C=O) groups excluding carboxylic acids is 2. The van der Waals surface area contributed by atoms with Crippen LogP contribution in [0.2, 0.25) is 0 Å². The van der Waals surface area contributed by atoms with Gasteiger partial charge in [-0.05, 0) is 19.1 Å². The standard InChI is InChI=1S/C13H17N3O4S/c1-10(15-12(17)11-3-2-4-14-9-11)13(18)16-5-7-21(19,20)8-6-16/h2-4,9-10H,5-8H2,1H3,(H,15,17). The van der Waals surface area contributed by atoms with Gasteiger partial charge in [0.15, 0.2) is 9.84 Å². The Morgan fingerprint density at radius 3 is 2.57 bits per heavy atom. The zero-order chi connectivity index (χ0) is 15.5. The molecule has 21 heavy (non-hydrogen) atoms. The maximum Gasteiger partial charge on any atom is 0.253 e. The number of nitrogens with one attached hydrogen (secondary N) is 1. The minimum absolute atomic E-state index is 0.0258. The van der Waals surface area contributed by atoms with Crippen LogP contribution in [0.1, 0.15) is 17.3 Å². The fourth-order valence-electron chi connectivity index (χ4n) is 2.05. The molecule has 2 amide bonds. The van der Waals surface area contributed by atoms with Crippen LogP contribution in [0, 0.1) is 0 Å². The van der Waals surface area contributed by atoms with Gasteiger partial charge in [0.1, 0.15) is 6.04 Å².